The molecule has 0 aromatic heterocycles. The third-order valence-electron chi connectivity index (χ3n) is 2.29. The second-order valence-corrected chi connectivity index (χ2v) is 3.50. The Labute approximate surface area is 91.2 Å². The fourth-order valence-electron chi connectivity index (χ4n) is 1.36. The van der Waals surface area contributed by atoms with E-state index in [0.717, 1.165) is 6.07 Å². The Morgan fingerprint density at radius 1 is 1.50 bits per heavy atom. The number of nitro groups is 1. The first-order valence-electron chi connectivity index (χ1n) is 4.72. The van der Waals surface area contributed by atoms with Crippen molar-refractivity contribution in [2.45, 2.75) is 19.3 Å². The second-order valence-electron chi connectivity index (χ2n) is 3.50. The van der Waals surface area contributed by atoms with Gasteiger partial charge in [0.25, 0.3) is 11.6 Å². The number of aryl methyl sites for hydroxylation is 1. The summed E-state index contributed by atoms with van der Waals surface area (Å²) < 4.78 is 26.9. The van der Waals surface area contributed by atoms with E-state index in [9.17, 15) is 18.9 Å². The number of alkyl halides is 2. The molecule has 0 aliphatic carbocycles. The highest BCUT2D eigenvalue weighted by Gasteiger charge is 2.32. The Kier molecular flexibility index (Phi) is 3.54. The Morgan fingerprint density at radius 2 is 2.12 bits per heavy atom. The third kappa shape index (κ3) is 2.52. The van der Waals surface area contributed by atoms with E-state index in [1.165, 1.54) is 19.1 Å². The number of nitro benzene ring substituents is 1. The molecule has 88 valence electrons. The molecular weight excluding hydrogens is 218 g/mol. The van der Waals surface area contributed by atoms with E-state index in [2.05, 4.69) is 0 Å². The van der Waals surface area contributed by atoms with Crippen molar-refractivity contribution in [3.05, 3.63) is 39.4 Å². The smallest absolute Gasteiger partial charge is 0.274 e. The molecular formula is C10H12F2N2O2. The lowest BCUT2D eigenvalue weighted by atomic mass is 10.0. The van der Waals surface area contributed by atoms with E-state index in [4.69, 9.17) is 5.73 Å². The average Bonchev–Trinajstić information content (AvgIpc) is 2.17. The largest absolute Gasteiger partial charge is 0.330 e. The molecule has 0 aliphatic heterocycles. The number of nitrogens with two attached hydrogens (primary N) is 1. The lowest BCUT2D eigenvalue weighted by Gasteiger charge is -2.15. The molecule has 0 unspecified atom stereocenters. The monoisotopic (exact) mass is 230 g/mol. The lowest BCUT2D eigenvalue weighted by Crippen LogP contribution is -2.18. The fourth-order valence-corrected chi connectivity index (χ4v) is 1.36. The van der Waals surface area contributed by atoms with Gasteiger partial charge in [-0.1, -0.05) is 12.1 Å². The van der Waals surface area contributed by atoms with Crippen LogP contribution < -0.4 is 5.73 Å². The SMILES string of the molecule is Cc1ccc(C(F)(F)CCN)cc1[N+](=O)[O-]. The first-order valence-corrected chi connectivity index (χ1v) is 4.72. The van der Waals surface area contributed by atoms with Crippen LogP contribution in [-0.2, 0) is 5.92 Å². The summed E-state index contributed by atoms with van der Waals surface area (Å²) in [5.41, 5.74) is 4.76. The van der Waals surface area contributed by atoms with Gasteiger partial charge in [-0.15, -0.1) is 0 Å². The molecule has 0 saturated carbocycles. The maximum absolute atomic E-state index is 13.4. The topological polar surface area (TPSA) is 69.2 Å². The molecule has 0 radical (unpaired) electrons. The molecule has 2 N–H and O–H groups in total. The van der Waals surface area contributed by atoms with E-state index in [-0.39, 0.29) is 17.8 Å². The van der Waals surface area contributed by atoms with Crippen LogP contribution in [0.25, 0.3) is 0 Å². The van der Waals surface area contributed by atoms with Crippen molar-refractivity contribution in [2.75, 3.05) is 6.54 Å². The summed E-state index contributed by atoms with van der Waals surface area (Å²) in [5, 5.41) is 10.6. The van der Waals surface area contributed by atoms with Crippen molar-refractivity contribution >= 4 is 5.69 Å². The van der Waals surface area contributed by atoms with E-state index in [0.29, 0.717) is 5.56 Å². The van der Waals surface area contributed by atoms with Crippen LogP contribution in [-0.4, -0.2) is 11.5 Å². The maximum atomic E-state index is 13.4. The van der Waals surface area contributed by atoms with Gasteiger partial charge in [-0.05, 0) is 13.5 Å². The standard InChI is InChI=1S/C10H12F2N2O2/c1-7-2-3-8(6-9(7)14(15)16)10(11,12)4-5-13/h2-3,6H,4-5,13H2,1H3. The van der Waals surface area contributed by atoms with Crippen molar-refractivity contribution < 1.29 is 13.7 Å². The van der Waals surface area contributed by atoms with E-state index in [1.54, 1.807) is 0 Å². The van der Waals surface area contributed by atoms with E-state index < -0.39 is 17.3 Å². The molecule has 0 heterocycles. The van der Waals surface area contributed by atoms with Crippen LogP contribution in [0.15, 0.2) is 18.2 Å². The minimum absolute atomic E-state index is 0.172. The van der Waals surface area contributed by atoms with Crippen LogP contribution in [0.5, 0.6) is 0 Å². The first kappa shape index (κ1) is 12.5. The number of hydrogen-bond donors (Lipinski definition) is 1. The summed E-state index contributed by atoms with van der Waals surface area (Å²) >= 11 is 0. The summed E-state index contributed by atoms with van der Waals surface area (Å²) in [7, 11) is 0. The van der Waals surface area contributed by atoms with Gasteiger partial charge in [-0.2, -0.15) is 0 Å². The van der Waals surface area contributed by atoms with Gasteiger partial charge in [-0.25, -0.2) is 8.78 Å². The van der Waals surface area contributed by atoms with Crippen LogP contribution in [0, 0.1) is 17.0 Å². The first-order chi connectivity index (χ1) is 7.38. The van der Waals surface area contributed by atoms with Crippen molar-refractivity contribution in [1.82, 2.24) is 0 Å². The molecule has 1 aromatic rings. The van der Waals surface area contributed by atoms with Crippen molar-refractivity contribution in [1.29, 1.82) is 0 Å². The zero-order valence-corrected chi connectivity index (χ0v) is 8.74. The highest BCUT2D eigenvalue weighted by atomic mass is 19.3. The molecule has 1 rings (SSSR count). The van der Waals surface area contributed by atoms with E-state index >= 15 is 0 Å². The molecule has 6 heteroatoms. The zero-order chi connectivity index (χ0) is 12.3. The number of benzene rings is 1. The quantitative estimate of drug-likeness (QED) is 0.637. The molecule has 4 nitrogen and oxygen atoms in total. The summed E-state index contributed by atoms with van der Waals surface area (Å²) in [6.07, 6.45) is -0.521. The Balaban J connectivity index is 3.17. The summed E-state index contributed by atoms with van der Waals surface area (Å²) in [5.74, 6) is -3.12. The van der Waals surface area contributed by atoms with Crippen LogP contribution in [0.3, 0.4) is 0 Å². The maximum Gasteiger partial charge on any atom is 0.274 e. The number of hydrogen-bond acceptors (Lipinski definition) is 3. The van der Waals surface area contributed by atoms with Gasteiger partial charge in [0.1, 0.15) is 0 Å². The average molecular weight is 230 g/mol. The molecule has 0 spiro atoms. The van der Waals surface area contributed by atoms with Gasteiger partial charge in [-0.3, -0.25) is 10.1 Å². The minimum Gasteiger partial charge on any atom is -0.330 e. The van der Waals surface area contributed by atoms with Crippen molar-refractivity contribution in [3.8, 4) is 0 Å². The molecule has 16 heavy (non-hydrogen) atoms. The van der Waals surface area contributed by atoms with Crippen molar-refractivity contribution in [2.24, 2.45) is 5.73 Å². The molecule has 0 amide bonds. The number of halogens is 2. The molecule has 0 saturated heterocycles. The van der Waals surface area contributed by atoms with Crippen molar-refractivity contribution in [3.63, 3.8) is 0 Å². The normalized spacial score (nSPS) is 11.5. The molecule has 1 aromatic carbocycles. The molecule has 0 atom stereocenters. The third-order valence-corrected chi connectivity index (χ3v) is 2.29. The summed E-state index contributed by atoms with van der Waals surface area (Å²) in [4.78, 5) is 9.93. The molecule has 0 aliphatic rings. The Hall–Kier alpha value is -1.56. The van der Waals surface area contributed by atoms with Gasteiger partial charge < -0.3 is 5.73 Å². The number of rotatable bonds is 4. The summed E-state index contributed by atoms with van der Waals surface area (Å²) in [6, 6.07) is 3.42. The van der Waals surface area contributed by atoms with Crippen LogP contribution >= 0.6 is 0 Å². The van der Waals surface area contributed by atoms with Gasteiger partial charge in [0.15, 0.2) is 0 Å². The summed E-state index contributed by atoms with van der Waals surface area (Å²) in [6.45, 7) is 1.33. The highest BCUT2D eigenvalue weighted by molar-refractivity contribution is 5.43. The van der Waals surface area contributed by atoms with E-state index in [1.807, 2.05) is 0 Å². The predicted octanol–water partition coefficient (Wildman–Crippen LogP) is 2.34. The fraction of sp³-hybridized carbons (Fsp3) is 0.400. The van der Waals surface area contributed by atoms with Crippen LogP contribution in [0.1, 0.15) is 17.5 Å². The van der Waals surface area contributed by atoms with Gasteiger partial charge >= 0.3 is 0 Å². The highest BCUT2D eigenvalue weighted by Crippen LogP contribution is 2.34. The second kappa shape index (κ2) is 4.52. The minimum atomic E-state index is -3.12. The van der Waals surface area contributed by atoms with Gasteiger partial charge in [0.2, 0.25) is 0 Å². The molecule has 0 bridgehead atoms. The Bertz CT molecular complexity index is 408. The number of nitrogens with zero attached hydrogens (tertiary/aromatic N) is 1. The van der Waals surface area contributed by atoms with Gasteiger partial charge in [0.05, 0.1) is 4.92 Å². The van der Waals surface area contributed by atoms with Gasteiger partial charge in [0, 0.05) is 23.6 Å². The zero-order valence-electron chi connectivity index (χ0n) is 8.74. The van der Waals surface area contributed by atoms with Crippen LogP contribution in [0.4, 0.5) is 14.5 Å². The lowest BCUT2D eigenvalue weighted by molar-refractivity contribution is -0.385. The van der Waals surface area contributed by atoms with Crippen LogP contribution in [0.2, 0.25) is 0 Å². The Morgan fingerprint density at radius 3 is 2.62 bits per heavy atom. The molecule has 0 fully saturated rings. The predicted molar refractivity (Wildman–Crippen MR) is 55.4 cm³/mol.